The van der Waals surface area contributed by atoms with E-state index < -0.39 is 6.10 Å². The number of benzene rings is 2. The topological polar surface area (TPSA) is 60.3 Å². The summed E-state index contributed by atoms with van der Waals surface area (Å²) < 4.78 is 7.39. The standard InChI is InChI=1S/C21H22N2O3/c1-12(2)23-16-7-5-4-6-14(16)20-13(3)15(8-9-17(20)23)22-21(25)18-10-11-19(24)26-18/h4-9,12,18H,10-11H2,1-3H3,(H,22,25). The van der Waals surface area contributed by atoms with Gasteiger partial charge in [0.15, 0.2) is 6.10 Å². The van der Waals surface area contributed by atoms with Gasteiger partial charge in [-0.15, -0.1) is 0 Å². The molecule has 1 aliphatic rings. The van der Waals surface area contributed by atoms with Crippen LogP contribution in [0.4, 0.5) is 5.69 Å². The molecule has 134 valence electrons. The number of nitrogens with one attached hydrogen (secondary N) is 1. The summed E-state index contributed by atoms with van der Waals surface area (Å²) in [4.78, 5) is 23.7. The number of cyclic esters (lactones) is 1. The summed E-state index contributed by atoms with van der Waals surface area (Å²) in [5.74, 6) is -0.566. The van der Waals surface area contributed by atoms with Gasteiger partial charge in [0.05, 0.1) is 0 Å². The minimum absolute atomic E-state index is 0.258. The molecule has 3 aromatic rings. The summed E-state index contributed by atoms with van der Waals surface area (Å²) in [5, 5.41) is 5.27. The van der Waals surface area contributed by atoms with Crippen LogP contribution in [0.15, 0.2) is 36.4 Å². The zero-order chi connectivity index (χ0) is 18.4. The Kier molecular flexibility index (Phi) is 3.94. The van der Waals surface area contributed by atoms with Crippen molar-refractivity contribution < 1.29 is 14.3 Å². The van der Waals surface area contributed by atoms with E-state index >= 15 is 0 Å². The van der Waals surface area contributed by atoms with E-state index in [1.807, 2.05) is 25.1 Å². The second-order valence-corrected chi connectivity index (χ2v) is 7.12. The maximum atomic E-state index is 12.4. The number of para-hydroxylation sites is 1. The van der Waals surface area contributed by atoms with Crippen molar-refractivity contribution in [3.8, 4) is 0 Å². The summed E-state index contributed by atoms with van der Waals surface area (Å²) in [6, 6.07) is 12.7. The largest absolute Gasteiger partial charge is 0.452 e. The lowest BCUT2D eigenvalue weighted by Crippen LogP contribution is -2.27. The zero-order valence-electron chi connectivity index (χ0n) is 15.2. The predicted molar refractivity (Wildman–Crippen MR) is 102 cm³/mol. The van der Waals surface area contributed by atoms with Gasteiger partial charge in [0.2, 0.25) is 0 Å². The van der Waals surface area contributed by atoms with Gasteiger partial charge in [-0.05, 0) is 44.5 Å². The molecule has 1 N–H and O–H groups in total. The van der Waals surface area contributed by atoms with Crippen molar-refractivity contribution in [1.29, 1.82) is 0 Å². The molecule has 0 spiro atoms. The predicted octanol–water partition coefficient (Wildman–Crippen LogP) is 4.33. The molecule has 5 nitrogen and oxygen atoms in total. The number of ether oxygens (including phenoxy) is 1. The number of hydrogen-bond acceptors (Lipinski definition) is 3. The molecule has 1 atom stereocenters. The van der Waals surface area contributed by atoms with Crippen LogP contribution in [0.5, 0.6) is 0 Å². The number of rotatable bonds is 3. The molecule has 0 aliphatic carbocycles. The van der Waals surface area contributed by atoms with Crippen LogP contribution in [-0.2, 0) is 14.3 Å². The van der Waals surface area contributed by atoms with Gasteiger partial charge < -0.3 is 14.6 Å². The highest BCUT2D eigenvalue weighted by molar-refractivity contribution is 6.12. The number of anilines is 1. The van der Waals surface area contributed by atoms with Gasteiger partial charge in [-0.25, -0.2) is 0 Å². The van der Waals surface area contributed by atoms with Crippen molar-refractivity contribution in [1.82, 2.24) is 4.57 Å². The van der Waals surface area contributed by atoms with Gasteiger partial charge in [0.1, 0.15) is 0 Å². The maximum Gasteiger partial charge on any atom is 0.306 e. The van der Waals surface area contributed by atoms with Gasteiger partial charge in [0.25, 0.3) is 5.91 Å². The van der Waals surface area contributed by atoms with Crippen molar-refractivity contribution in [3.05, 3.63) is 42.0 Å². The molecular formula is C21H22N2O3. The number of esters is 1. The Balaban J connectivity index is 1.81. The molecule has 1 fully saturated rings. The van der Waals surface area contributed by atoms with E-state index in [1.165, 1.54) is 10.9 Å². The van der Waals surface area contributed by atoms with Crippen LogP contribution in [0.2, 0.25) is 0 Å². The monoisotopic (exact) mass is 350 g/mol. The van der Waals surface area contributed by atoms with Crippen LogP contribution < -0.4 is 5.32 Å². The smallest absolute Gasteiger partial charge is 0.306 e. The Labute approximate surface area is 151 Å². The fourth-order valence-electron chi connectivity index (χ4n) is 3.88. The van der Waals surface area contributed by atoms with Gasteiger partial charge in [-0.2, -0.15) is 0 Å². The summed E-state index contributed by atoms with van der Waals surface area (Å²) in [5.41, 5.74) is 4.13. The number of aromatic nitrogens is 1. The fraction of sp³-hybridized carbons (Fsp3) is 0.333. The molecule has 1 aliphatic heterocycles. The molecule has 1 amide bonds. The third-order valence-electron chi connectivity index (χ3n) is 5.09. The number of nitrogens with zero attached hydrogens (tertiary/aromatic N) is 1. The SMILES string of the molecule is Cc1c(NC(=O)C2CCC(=O)O2)ccc2c1c1ccccc1n2C(C)C. The Hall–Kier alpha value is -2.82. The van der Waals surface area contributed by atoms with E-state index in [9.17, 15) is 9.59 Å². The second kappa shape index (κ2) is 6.16. The number of amides is 1. The van der Waals surface area contributed by atoms with Crippen molar-refractivity contribution in [2.45, 2.75) is 45.8 Å². The van der Waals surface area contributed by atoms with E-state index in [0.29, 0.717) is 18.9 Å². The Morgan fingerprint density at radius 2 is 1.96 bits per heavy atom. The summed E-state index contributed by atoms with van der Waals surface area (Å²) >= 11 is 0. The maximum absolute atomic E-state index is 12.4. The lowest BCUT2D eigenvalue weighted by atomic mass is 10.1. The number of carbonyl (C=O) groups is 2. The van der Waals surface area contributed by atoms with Gasteiger partial charge >= 0.3 is 5.97 Å². The second-order valence-electron chi connectivity index (χ2n) is 7.12. The molecule has 5 heteroatoms. The lowest BCUT2D eigenvalue weighted by Gasteiger charge is -2.14. The van der Waals surface area contributed by atoms with Crippen LogP contribution in [0.25, 0.3) is 21.8 Å². The zero-order valence-corrected chi connectivity index (χ0v) is 15.2. The molecule has 0 bridgehead atoms. The number of hydrogen-bond donors (Lipinski definition) is 1. The summed E-state index contributed by atoms with van der Waals surface area (Å²) in [7, 11) is 0. The first-order chi connectivity index (χ1) is 12.5. The Morgan fingerprint density at radius 1 is 1.19 bits per heavy atom. The first-order valence-corrected chi connectivity index (χ1v) is 9.00. The van der Waals surface area contributed by atoms with E-state index in [-0.39, 0.29) is 11.9 Å². The molecule has 4 rings (SSSR count). The average Bonchev–Trinajstić information content (AvgIpc) is 3.18. The van der Waals surface area contributed by atoms with Crippen molar-refractivity contribution in [3.63, 3.8) is 0 Å². The Morgan fingerprint density at radius 3 is 2.65 bits per heavy atom. The van der Waals surface area contributed by atoms with Crippen molar-refractivity contribution in [2.75, 3.05) is 5.32 Å². The highest BCUT2D eigenvalue weighted by atomic mass is 16.6. The lowest BCUT2D eigenvalue weighted by molar-refractivity contribution is -0.146. The molecule has 0 radical (unpaired) electrons. The molecule has 1 unspecified atom stereocenters. The first-order valence-electron chi connectivity index (χ1n) is 9.00. The van der Waals surface area contributed by atoms with Gasteiger partial charge in [-0.3, -0.25) is 9.59 Å². The van der Waals surface area contributed by atoms with E-state index in [4.69, 9.17) is 4.74 Å². The minimum atomic E-state index is -0.686. The number of aryl methyl sites for hydroxylation is 1. The number of carbonyl (C=O) groups excluding carboxylic acids is 2. The number of fused-ring (bicyclic) bond motifs is 3. The quantitative estimate of drug-likeness (QED) is 0.715. The third-order valence-corrected chi connectivity index (χ3v) is 5.09. The van der Waals surface area contributed by atoms with E-state index in [2.05, 4.69) is 41.9 Å². The van der Waals surface area contributed by atoms with Crippen LogP contribution in [0, 0.1) is 6.92 Å². The molecule has 1 saturated heterocycles. The Bertz CT molecular complexity index is 1030. The summed E-state index contributed by atoms with van der Waals surface area (Å²) in [6.07, 6.45) is 0.0611. The van der Waals surface area contributed by atoms with Crippen molar-refractivity contribution in [2.24, 2.45) is 0 Å². The molecule has 2 aromatic carbocycles. The third kappa shape index (κ3) is 2.55. The molecule has 1 aromatic heterocycles. The molecule has 0 saturated carbocycles. The van der Waals surface area contributed by atoms with Gasteiger partial charge in [-0.1, -0.05) is 18.2 Å². The van der Waals surface area contributed by atoms with Crippen LogP contribution in [0.3, 0.4) is 0 Å². The van der Waals surface area contributed by atoms with Crippen molar-refractivity contribution >= 4 is 39.4 Å². The summed E-state index contributed by atoms with van der Waals surface area (Å²) in [6.45, 7) is 6.37. The normalized spacial score (nSPS) is 17.2. The van der Waals surface area contributed by atoms with Crippen LogP contribution in [-0.4, -0.2) is 22.5 Å². The fourth-order valence-corrected chi connectivity index (χ4v) is 3.88. The molecular weight excluding hydrogens is 328 g/mol. The van der Waals surface area contributed by atoms with Crippen LogP contribution >= 0.6 is 0 Å². The molecule has 2 heterocycles. The van der Waals surface area contributed by atoms with Crippen LogP contribution in [0.1, 0.15) is 38.3 Å². The highest BCUT2D eigenvalue weighted by Gasteiger charge is 2.30. The van der Waals surface area contributed by atoms with E-state index in [0.717, 1.165) is 22.2 Å². The molecule has 26 heavy (non-hydrogen) atoms. The first kappa shape index (κ1) is 16.6. The average molecular weight is 350 g/mol. The van der Waals surface area contributed by atoms with E-state index in [1.54, 1.807) is 0 Å². The highest BCUT2D eigenvalue weighted by Crippen LogP contribution is 2.36. The minimum Gasteiger partial charge on any atom is -0.452 e. The van der Waals surface area contributed by atoms with Gasteiger partial charge in [0, 0.05) is 46.4 Å².